The highest BCUT2D eigenvalue weighted by molar-refractivity contribution is 5.70. The van der Waals surface area contributed by atoms with Gasteiger partial charge in [-0.25, -0.2) is 0 Å². The number of rotatable bonds is 5. The Labute approximate surface area is 105 Å². The lowest BCUT2D eigenvalue weighted by atomic mass is 10.1. The van der Waals surface area contributed by atoms with Gasteiger partial charge in [0.2, 0.25) is 5.89 Å². The number of hydrogen-bond acceptors (Lipinski definition) is 5. The van der Waals surface area contributed by atoms with E-state index in [-0.39, 0.29) is 17.9 Å². The van der Waals surface area contributed by atoms with E-state index in [4.69, 9.17) is 14.4 Å². The van der Waals surface area contributed by atoms with E-state index in [1.54, 1.807) is 7.11 Å². The summed E-state index contributed by atoms with van der Waals surface area (Å²) in [7, 11) is 1.64. The number of methoxy groups -OCH3 is 1. The van der Waals surface area contributed by atoms with Crippen molar-refractivity contribution in [2.24, 2.45) is 5.92 Å². The monoisotopic (exact) mass is 254 g/mol. The topological polar surface area (TPSA) is 85.5 Å². The third kappa shape index (κ3) is 2.87. The minimum atomic E-state index is -0.731. The molecular weight excluding hydrogens is 236 g/mol. The minimum absolute atomic E-state index is 0.0470. The van der Waals surface area contributed by atoms with Crippen molar-refractivity contribution < 1.29 is 19.2 Å². The first-order valence-corrected chi connectivity index (χ1v) is 6.18. The molecule has 0 aromatic carbocycles. The molecule has 3 atom stereocenters. The highest BCUT2D eigenvalue weighted by Crippen LogP contribution is 2.37. The van der Waals surface area contributed by atoms with Crippen molar-refractivity contribution >= 4 is 5.97 Å². The third-order valence-electron chi connectivity index (χ3n) is 3.49. The first-order valence-electron chi connectivity index (χ1n) is 6.18. The quantitative estimate of drug-likeness (QED) is 0.859. The summed E-state index contributed by atoms with van der Waals surface area (Å²) in [5.41, 5.74) is 0. The van der Waals surface area contributed by atoms with Crippen LogP contribution in [0.15, 0.2) is 4.52 Å². The fourth-order valence-electron chi connectivity index (χ4n) is 2.29. The van der Waals surface area contributed by atoms with Crippen molar-refractivity contribution in [1.82, 2.24) is 10.1 Å². The van der Waals surface area contributed by atoms with E-state index in [1.807, 2.05) is 6.92 Å². The van der Waals surface area contributed by atoms with E-state index >= 15 is 0 Å². The second-order valence-electron chi connectivity index (χ2n) is 4.84. The van der Waals surface area contributed by atoms with Gasteiger partial charge in [0, 0.05) is 19.4 Å². The summed E-state index contributed by atoms with van der Waals surface area (Å²) in [6, 6.07) is 0. The van der Waals surface area contributed by atoms with E-state index in [9.17, 15) is 4.79 Å². The molecule has 1 aliphatic carbocycles. The van der Waals surface area contributed by atoms with Gasteiger partial charge in [0.25, 0.3) is 0 Å². The fraction of sp³-hybridized carbons (Fsp3) is 0.750. The Morgan fingerprint density at radius 2 is 2.39 bits per heavy atom. The maximum atomic E-state index is 10.9. The largest absolute Gasteiger partial charge is 0.481 e. The number of aromatic nitrogens is 2. The predicted molar refractivity (Wildman–Crippen MR) is 62.2 cm³/mol. The molecule has 1 aliphatic rings. The summed E-state index contributed by atoms with van der Waals surface area (Å²) in [5.74, 6) is 0.272. The van der Waals surface area contributed by atoms with Crippen LogP contribution in [0.5, 0.6) is 0 Å². The Morgan fingerprint density at radius 3 is 3.00 bits per heavy atom. The van der Waals surface area contributed by atoms with Crippen LogP contribution in [0.4, 0.5) is 0 Å². The van der Waals surface area contributed by atoms with Crippen molar-refractivity contribution in [3.05, 3.63) is 11.7 Å². The standard InChI is InChI=1S/C12H18N2O4/c1-7(17-2)5-10-13-11(18-14-10)8-3-4-9(6-8)12(15)16/h7-9H,3-6H2,1-2H3,(H,15,16). The normalized spacial score (nSPS) is 25.2. The number of ether oxygens (including phenoxy) is 1. The molecule has 1 heterocycles. The average molecular weight is 254 g/mol. The van der Waals surface area contributed by atoms with Gasteiger partial charge in [0.1, 0.15) is 0 Å². The van der Waals surface area contributed by atoms with Gasteiger partial charge in [-0.1, -0.05) is 5.16 Å². The Hall–Kier alpha value is -1.43. The van der Waals surface area contributed by atoms with Crippen molar-refractivity contribution in [3.8, 4) is 0 Å². The lowest BCUT2D eigenvalue weighted by molar-refractivity contribution is -0.141. The Bertz CT molecular complexity index is 418. The maximum absolute atomic E-state index is 10.9. The molecular formula is C12H18N2O4. The number of hydrogen-bond donors (Lipinski definition) is 1. The molecule has 1 fully saturated rings. The molecule has 2 rings (SSSR count). The van der Waals surface area contributed by atoms with E-state index in [1.165, 1.54) is 0 Å². The molecule has 1 aromatic rings. The lowest BCUT2D eigenvalue weighted by Gasteiger charge is -2.04. The van der Waals surface area contributed by atoms with Crippen LogP contribution in [-0.2, 0) is 16.0 Å². The summed E-state index contributed by atoms with van der Waals surface area (Å²) >= 11 is 0. The molecule has 0 saturated heterocycles. The number of nitrogens with zero attached hydrogens (tertiary/aromatic N) is 2. The zero-order chi connectivity index (χ0) is 13.1. The predicted octanol–water partition coefficient (Wildman–Crippen LogP) is 1.62. The summed E-state index contributed by atoms with van der Waals surface area (Å²) in [6.07, 6.45) is 2.74. The second kappa shape index (κ2) is 5.48. The first-order chi connectivity index (χ1) is 8.60. The van der Waals surface area contributed by atoms with Crippen molar-refractivity contribution in [3.63, 3.8) is 0 Å². The molecule has 1 saturated carbocycles. The number of carboxylic acids is 1. The van der Waals surface area contributed by atoms with Gasteiger partial charge in [0.15, 0.2) is 5.82 Å². The van der Waals surface area contributed by atoms with E-state index in [2.05, 4.69) is 10.1 Å². The van der Waals surface area contributed by atoms with Gasteiger partial charge in [-0.05, 0) is 26.2 Å². The number of aliphatic carboxylic acids is 1. The molecule has 100 valence electrons. The summed E-state index contributed by atoms with van der Waals surface area (Å²) in [6.45, 7) is 1.94. The maximum Gasteiger partial charge on any atom is 0.306 e. The first kappa shape index (κ1) is 13.0. The molecule has 0 spiro atoms. The summed E-state index contributed by atoms with van der Waals surface area (Å²) in [5, 5.41) is 12.9. The number of carbonyl (C=O) groups is 1. The van der Waals surface area contributed by atoms with Crippen LogP contribution in [0.1, 0.15) is 43.8 Å². The van der Waals surface area contributed by atoms with Crippen LogP contribution in [0.3, 0.4) is 0 Å². The lowest BCUT2D eigenvalue weighted by Crippen LogP contribution is -2.10. The van der Waals surface area contributed by atoms with Crippen molar-refractivity contribution in [2.45, 2.75) is 44.6 Å². The third-order valence-corrected chi connectivity index (χ3v) is 3.49. The average Bonchev–Trinajstić information content (AvgIpc) is 2.96. The summed E-state index contributed by atoms with van der Waals surface area (Å²) in [4.78, 5) is 15.2. The van der Waals surface area contributed by atoms with Crippen LogP contribution >= 0.6 is 0 Å². The highest BCUT2D eigenvalue weighted by atomic mass is 16.5. The summed E-state index contributed by atoms with van der Waals surface area (Å²) < 4.78 is 10.4. The van der Waals surface area contributed by atoms with Crippen molar-refractivity contribution in [2.75, 3.05) is 7.11 Å². The van der Waals surface area contributed by atoms with Crippen LogP contribution < -0.4 is 0 Å². The smallest absolute Gasteiger partial charge is 0.306 e. The molecule has 1 N–H and O–H groups in total. The highest BCUT2D eigenvalue weighted by Gasteiger charge is 2.33. The SMILES string of the molecule is COC(C)Cc1noc(C2CCC(C(=O)O)C2)n1. The van der Waals surface area contributed by atoms with Crippen LogP contribution in [0.2, 0.25) is 0 Å². The van der Waals surface area contributed by atoms with E-state index < -0.39 is 5.97 Å². The van der Waals surface area contributed by atoms with E-state index in [0.717, 1.165) is 6.42 Å². The van der Waals surface area contributed by atoms with Gasteiger partial charge in [-0.3, -0.25) is 4.79 Å². The van der Waals surface area contributed by atoms with Crippen LogP contribution in [0.25, 0.3) is 0 Å². The van der Waals surface area contributed by atoms with Crippen molar-refractivity contribution in [1.29, 1.82) is 0 Å². The number of carboxylic acid groups (broad SMARTS) is 1. The molecule has 1 aromatic heterocycles. The molecule has 6 heteroatoms. The van der Waals surface area contributed by atoms with Crippen LogP contribution in [0, 0.1) is 5.92 Å². The molecule has 18 heavy (non-hydrogen) atoms. The minimum Gasteiger partial charge on any atom is -0.481 e. The van der Waals surface area contributed by atoms with E-state index in [0.29, 0.717) is 31.0 Å². The zero-order valence-electron chi connectivity index (χ0n) is 10.6. The molecule has 6 nitrogen and oxygen atoms in total. The molecule has 0 radical (unpaired) electrons. The fourth-order valence-corrected chi connectivity index (χ4v) is 2.29. The molecule has 0 amide bonds. The zero-order valence-corrected chi connectivity index (χ0v) is 10.6. The van der Waals surface area contributed by atoms with Gasteiger partial charge in [0.05, 0.1) is 12.0 Å². The van der Waals surface area contributed by atoms with Gasteiger partial charge >= 0.3 is 5.97 Å². The Balaban J connectivity index is 1.96. The van der Waals surface area contributed by atoms with Gasteiger partial charge < -0.3 is 14.4 Å². The second-order valence-corrected chi connectivity index (χ2v) is 4.84. The Morgan fingerprint density at radius 1 is 1.61 bits per heavy atom. The van der Waals surface area contributed by atoms with Gasteiger partial charge in [-0.15, -0.1) is 0 Å². The molecule has 3 unspecified atom stereocenters. The van der Waals surface area contributed by atoms with Crippen LogP contribution in [-0.4, -0.2) is 34.4 Å². The molecule has 0 aliphatic heterocycles. The molecule has 0 bridgehead atoms. The van der Waals surface area contributed by atoms with Gasteiger partial charge in [-0.2, -0.15) is 4.98 Å². The Kier molecular flexibility index (Phi) is 3.96.